The van der Waals surface area contributed by atoms with Crippen LogP contribution in [-0.4, -0.2) is 45.5 Å². The summed E-state index contributed by atoms with van der Waals surface area (Å²) in [4.78, 5) is 27.8. The van der Waals surface area contributed by atoms with Crippen LogP contribution in [0.5, 0.6) is 0 Å². The lowest BCUT2D eigenvalue weighted by Crippen LogP contribution is -2.58. The van der Waals surface area contributed by atoms with Crippen molar-refractivity contribution in [3.8, 4) is 0 Å². The van der Waals surface area contributed by atoms with Crippen molar-refractivity contribution in [2.75, 3.05) is 13.1 Å². The molecule has 0 spiro atoms. The number of likely N-dealkylation sites (tertiary alicyclic amines) is 1. The summed E-state index contributed by atoms with van der Waals surface area (Å²) in [6.07, 6.45) is 6.70. The Hall–Kier alpha value is -2.31. The van der Waals surface area contributed by atoms with E-state index in [2.05, 4.69) is 5.32 Å². The number of rotatable bonds is 5. The third-order valence-corrected chi connectivity index (χ3v) is 7.51. The van der Waals surface area contributed by atoms with Crippen LogP contribution in [0.15, 0.2) is 48.8 Å². The summed E-state index contributed by atoms with van der Waals surface area (Å²) in [5, 5.41) is 15.3. The number of amides is 2. The number of hydrogen-bond acceptors (Lipinski definition) is 3. The van der Waals surface area contributed by atoms with Gasteiger partial charge in [-0.15, -0.1) is 0 Å². The minimum atomic E-state index is -1.03. The van der Waals surface area contributed by atoms with Crippen molar-refractivity contribution in [1.29, 1.82) is 0 Å². The maximum absolute atomic E-state index is 13.5. The first kappa shape index (κ1) is 22.9. The summed E-state index contributed by atoms with van der Waals surface area (Å²) in [7, 11) is 0. The number of aromatic nitrogens is 1. The monoisotopic (exact) mass is 457 g/mol. The van der Waals surface area contributed by atoms with Gasteiger partial charge >= 0.3 is 0 Å². The standard InChI is InChI=1S/C25H32ClN3O3/c1-24(2)17-29(15-12-25(24,32)18-8-10-19(26)11-9-18)23(31)20-6-5-7-21(20)27-22(30)16-28-13-3-4-14-28/h3-4,8-11,13-14,20-21,32H,5-7,12,15-17H2,1-2H3,(H,27,30)/t20-,21+,25-/m0/s1. The molecule has 0 radical (unpaired) electrons. The average molecular weight is 458 g/mol. The Bertz CT molecular complexity index is 957. The van der Waals surface area contributed by atoms with Crippen molar-refractivity contribution in [2.24, 2.45) is 11.3 Å². The zero-order valence-electron chi connectivity index (χ0n) is 18.8. The number of nitrogens with zero attached hydrogens (tertiary/aromatic N) is 2. The number of carbonyl (C=O) groups excluding carboxylic acids is 2. The molecule has 1 aliphatic heterocycles. The van der Waals surface area contributed by atoms with Crippen molar-refractivity contribution in [3.63, 3.8) is 0 Å². The predicted octanol–water partition coefficient (Wildman–Crippen LogP) is 3.57. The second-order valence-electron chi connectivity index (χ2n) is 9.83. The van der Waals surface area contributed by atoms with Gasteiger partial charge in [-0.1, -0.05) is 44.0 Å². The van der Waals surface area contributed by atoms with Crippen LogP contribution in [-0.2, 0) is 21.7 Å². The van der Waals surface area contributed by atoms with Gasteiger partial charge in [-0.2, -0.15) is 0 Å². The van der Waals surface area contributed by atoms with E-state index in [-0.39, 0.29) is 30.3 Å². The van der Waals surface area contributed by atoms with E-state index in [1.807, 2.05) is 60.0 Å². The van der Waals surface area contributed by atoms with Crippen molar-refractivity contribution < 1.29 is 14.7 Å². The maximum Gasteiger partial charge on any atom is 0.240 e. The Morgan fingerprint density at radius 2 is 1.84 bits per heavy atom. The summed E-state index contributed by atoms with van der Waals surface area (Å²) in [6, 6.07) is 11.0. The van der Waals surface area contributed by atoms with Crippen LogP contribution in [0.1, 0.15) is 45.1 Å². The third-order valence-electron chi connectivity index (χ3n) is 7.25. The SMILES string of the molecule is CC1(C)CN(C(=O)[C@H]2CCC[C@H]2NC(=O)Cn2cccc2)CC[C@]1(O)c1ccc(Cl)cc1. The van der Waals surface area contributed by atoms with Crippen LogP contribution >= 0.6 is 11.6 Å². The molecule has 7 heteroatoms. The van der Waals surface area contributed by atoms with Gasteiger partial charge in [0.15, 0.2) is 0 Å². The molecular formula is C25H32ClN3O3. The lowest BCUT2D eigenvalue weighted by Gasteiger charge is -2.51. The third kappa shape index (κ3) is 4.44. The van der Waals surface area contributed by atoms with Crippen LogP contribution in [0.3, 0.4) is 0 Å². The van der Waals surface area contributed by atoms with Gasteiger partial charge in [0.25, 0.3) is 0 Å². The predicted molar refractivity (Wildman–Crippen MR) is 124 cm³/mol. The minimum absolute atomic E-state index is 0.0676. The van der Waals surface area contributed by atoms with Gasteiger partial charge in [-0.3, -0.25) is 9.59 Å². The van der Waals surface area contributed by atoms with Gasteiger partial charge in [0.1, 0.15) is 6.54 Å². The molecule has 0 unspecified atom stereocenters. The highest BCUT2D eigenvalue weighted by atomic mass is 35.5. The molecule has 6 nitrogen and oxygen atoms in total. The number of benzene rings is 1. The molecule has 4 rings (SSSR count). The van der Waals surface area contributed by atoms with Gasteiger partial charge in [0.2, 0.25) is 11.8 Å². The van der Waals surface area contributed by atoms with E-state index >= 15 is 0 Å². The number of carbonyl (C=O) groups is 2. The maximum atomic E-state index is 13.5. The Balaban J connectivity index is 1.42. The molecule has 1 aliphatic carbocycles. The molecule has 32 heavy (non-hydrogen) atoms. The zero-order valence-corrected chi connectivity index (χ0v) is 19.5. The van der Waals surface area contributed by atoms with Gasteiger partial charge in [0, 0.05) is 42.0 Å². The molecule has 3 atom stereocenters. The first-order valence-corrected chi connectivity index (χ1v) is 11.7. The fourth-order valence-corrected chi connectivity index (χ4v) is 5.45. The van der Waals surface area contributed by atoms with Crippen LogP contribution in [0.4, 0.5) is 0 Å². The Kier molecular flexibility index (Phi) is 6.37. The molecule has 0 bridgehead atoms. The van der Waals surface area contributed by atoms with E-state index in [1.165, 1.54) is 0 Å². The summed E-state index contributed by atoms with van der Waals surface area (Å²) in [6.45, 7) is 5.22. The van der Waals surface area contributed by atoms with E-state index in [0.717, 1.165) is 24.8 Å². The van der Waals surface area contributed by atoms with Crippen LogP contribution in [0.2, 0.25) is 5.02 Å². The number of nitrogens with one attached hydrogen (secondary N) is 1. The Labute approximate surface area is 194 Å². The highest BCUT2D eigenvalue weighted by molar-refractivity contribution is 6.30. The molecule has 1 aromatic carbocycles. The van der Waals surface area contributed by atoms with Crippen LogP contribution in [0.25, 0.3) is 0 Å². The molecule has 2 fully saturated rings. The lowest BCUT2D eigenvalue weighted by atomic mass is 9.66. The molecule has 2 heterocycles. The van der Waals surface area contributed by atoms with Crippen molar-refractivity contribution in [2.45, 2.75) is 57.7 Å². The number of hydrogen-bond donors (Lipinski definition) is 2. The van der Waals surface area contributed by atoms with Crippen molar-refractivity contribution in [1.82, 2.24) is 14.8 Å². The highest BCUT2D eigenvalue weighted by Gasteiger charge is 2.50. The smallest absolute Gasteiger partial charge is 0.240 e. The zero-order chi connectivity index (χ0) is 22.9. The van der Waals surface area contributed by atoms with E-state index < -0.39 is 11.0 Å². The number of piperidine rings is 1. The molecule has 1 saturated heterocycles. The van der Waals surface area contributed by atoms with Crippen molar-refractivity contribution >= 4 is 23.4 Å². The highest BCUT2D eigenvalue weighted by Crippen LogP contribution is 2.46. The normalized spacial score (nSPS) is 27.3. The fourth-order valence-electron chi connectivity index (χ4n) is 5.33. The molecule has 1 saturated carbocycles. The van der Waals surface area contributed by atoms with Gasteiger partial charge in [-0.25, -0.2) is 0 Å². The lowest BCUT2D eigenvalue weighted by molar-refractivity contribution is -0.157. The van der Waals surface area contributed by atoms with Gasteiger partial charge in [0.05, 0.1) is 11.5 Å². The Morgan fingerprint density at radius 1 is 1.16 bits per heavy atom. The number of aliphatic hydroxyl groups is 1. The second kappa shape index (κ2) is 8.91. The topological polar surface area (TPSA) is 74.6 Å². The average Bonchev–Trinajstić information content (AvgIpc) is 3.42. The van der Waals surface area contributed by atoms with E-state index in [4.69, 9.17) is 11.6 Å². The minimum Gasteiger partial charge on any atom is -0.384 e. The summed E-state index contributed by atoms with van der Waals surface area (Å²) in [5.74, 6) is -0.192. The molecule has 2 N–H and O–H groups in total. The number of halogens is 1. The van der Waals surface area contributed by atoms with E-state index in [9.17, 15) is 14.7 Å². The second-order valence-corrected chi connectivity index (χ2v) is 10.3. The molecule has 1 aromatic heterocycles. The molecule has 2 amide bonds. The summed E-state index contributed by atoms with van der Waals surface area (Å²) >= 11 is 6.03. The van der Waals surface area contributed by atoms with Crippen LogP contribution in [0, 0.1) is 11.3 Å². The molecular weight excluding hydrogens is 426 g/mol. The first-order valence-electron chi connectivity index (χ1n) is 11.4. The van der Waals surface area contributed by atoms with Crippen LogP contribution < -0.4 is 5.32 Å². The Morgan fingerprint density at radius 3 is 2.50 bits per heavy atom. The summed E-state index contributed by atoms with van der Waals surface area (Å²) in [5.41, 5.74) is -0.732. The first-order chi connectivity index (χ1) is 15.2. The van der Waals surface area contributed by atoms with Gasteiger partial charge < -0.3 is 19.9 Å². The van der Waals surface area contributed by atoms with Gasteiger partial charge in [-0.05, 0) is 49.1 Å². The molecule has 172 valence electrons. The van der Waals surface area contributed by atoms with E-state index in [0.29, 0.717) is 24.5 Å². The summed E-state index contributed by atoms with van der Waals surface area (Å²) < 4.78 is 1.83. The largest absolute Gasteiger partial charge is 0.384 e. The fraction of sp³-hybridized carbons (Fsp3) is 0.520. The van der Waals surface area contributed by atoms with Crippen molar-refractivity contribution in [3.05, 3.63) is 59.4 Å². The van der Waals surface area contributed by atoms with E-state index in [1.54, 1.807) is 12.1 Å². The molecule has 2 aromatic rings. The quantitative estimate of drug-likeness (QED) is 0.720. The molecule has 2 aliphatic rings.